The average Bonchev–Trinajstić information content (AvgIpc) is 2.78. The molecule has 0 amide bonds. The number of carboxylic acids is 1. The maximum Gasteiger partial charge on any atom is 0.328 e. The van der Waals surface area contributed by atoms with Gasteiger partial charge in [0.2, 0.25) is 0 Å². The van der Waals surface area contributed by atoms with E-state index in [1.54, 1.807) is 37.4 Å². The molecule has 0 saturated carbocycles. The van der Waals surface area contributed by atoms with E-state index < -0.39 is 5.97 Å². The number of benzene rings is 4. The fourth-order valence-corrected chi connectivity index (χ4v) is 3.33. The fraction of sp³-hybridized carbons (Fsp3) is 0.0385. The maximum atomic E-state index is 13.9. The minimum Gasteiger partial charge on any atom is -0.497 e. The molecule has 5 heteroatoms. The Hall–Kier alpha value is -4.12. The molecule has 4 rings (SSSR count). The van der Waals surface area contributed by atoms with Crippen LogP contribution in [0.1, 0.15) is 5.56 Å². The lowest BCUT2D eigenvalue weighted by Gasteiger charge is -2.15. The highest BCUT2D eigenvalue weighted by atomic mass is 19.1. The van der Waals surface area contributed by atoms with Crippen molar-refractivity contribution >= 4 is 22.8 Å². The van der Waals surface area contributed by atoms with Crippen molar-refractivity contribution in [3.63, 3.8) is 0 Å². The highest BCUT2D eigenvalue weighted by Gasteiger charge is 2.14. The van der Waals surface area contributed by atoms with Gasteiger partial charge in [-0.2, -0.15) is 0 Å². The highest BCUT2D eigenvalue weighted by Crippen LogP contribution is 2.40. The van der Waals surface area contributed by atoms with Crippen molar-refractivity contribution in [3.05, 3.63) is 96.3 Å². The first-order valence-electron chi connectivity index (χ1n) is 9.59. The minimum atomic E-state index is -1.01. The van der Waals surface area contributed by atoms with Crippen molar-refractivity contribution < 1.29 is 23.8 Å². The van der Waals surface area contributed by atoms with Crippen molar-refractivity contribution in [2.24, 2.45) is 0 Å². The van der Waals surface area contributed by atoms with E-state index >= 15 is 0 Å². The topological polar surface area (TPSA) is 55.8 Å². The summed E-state index contributed by atoms with van der Waals surface area (Å²) in [6, 6.07) is 23.0. The summed E-state index contributed by atoms with van der Waals surface area (Å²) in [7, 11) is 1.61. The zero-order valence-electron chi connectivity index (χ0n) is 16.7. The quantitative estimate of drug-likeness (QED) is 0.364. The maximum absolute atomic E-state index is 13.9. The van der Waals surface area contributed by atoms with Crippen molar-refractivity contribution in [1.82, 2.24) is 0 Å². The Kier molecular flexibility index (Phi) is 5.67. The number of carbonyl (C=O) groups is 1. The summed E-state index contributed by atoms with van der Waals surface area (Å²) in [5.41, 5.74) is 2.20. The van der Waals surface area contributed by atoms with E-state index in [0.29, 0.717) is 17.1 Å². The van der Waals surface area contributed by atoms with Gasteiger partial charge in [-0.1, -0.05) is 30.3 Å². The van der Waals surface area contributed by atoms with Gasteiger partial charge in [0.25, 0.3) is 0 Å². The van der Waals surface area contributed by atoms with Gasteiger partial charge in [-0.3, -0.25) is 0 Å². The normalized spacial score (nSPS) is 11.0. The van der Waals surface area contributed by atoms with Crippen LogP contribution < -0.4 is 9.47 Å². The van der Waals surface area contributed by atoms with Gasteiger partial charge in [0.15, 0.2) is 0 Å². The van der Waals surface area contributed by atoms with E-state index in [-0.39, 0.29) is 5.82 Å². The number of rotatable bonds is 6. The van der Waals surface area contributed by atoms with E-state index in [2.05, 4.69) is 0 Å². The molecule has 0 spiro atoms. The van der Waals surface area contributed by atoms with Crippen molar-refractivity contribution in [3.8, 4) is 28.4 Å². The molecule has 0 heterocycles. The third kappa shape index (κ3) is 4.56. The van der Waals surface area contributed by atoms with Crippen molar-refractivity contribution in [2.75, 3.05) is 7.11 Å². The van der Waals surface area contributed by atoms with Crippen LogP contribution in [0.4, 0.5) is 4.39 Å². The third-order valence-electron chi connectivity index (χ3n) is 4.83. The minimum absolute atomic E-state index is 0.326. The first kappa shape index (κ1) is 20.2. The van der Waals surface area contributed by atoms with Crippen LogP contribution >= 0.6 is 0 Å². The molecular weight excluding hydrogens is 395 g/mol. The van der Waals surface area contributed by atoms with E-state index in [1.807, 2.05) is 36.4 Å². The second-order valence-electron chi connectivity index (χ2n) is 6.88. The molecule has 1 N–H and O–H groups in total. The number of hydrogen-bond donors (Lipinski definition) is 1. The Morgan fingerprint density at radius 1 is 0.935 bits per heavy atom. The number of ether oxygens (including phenoxy) is 2. The Morgan fingerprint density at radius 3 is 2.42 bits per heavy atom. The molecule has 0 aliphatic rings. The molecular formula is C26H19FO4. The molecule has 0 aliphatic heterocycles. The van der Waals surface area contributed by atoms with Crippen LogP contribution in [0.15, 0.2) is 84.9 Å². The Balaban J connectivity index is 1.80. The van der Waals surface area contributed by atoms with Crippen LogP contribution in [0.3, 0.4) is 0 Å². The second-order valence-corrected chi connectivity index (χ2v) is 6.88. The third-order valence-corrected chi connectivity index (χ3v) is 4.83. The lowest BCUT2D eigenvalue weighted by molar-refractivity contribution is -0.131. The van der Waals surface area contributed by atoms with Crippen LogP contribution in [0.2, 0.25) is 0 Å². The van der Waals surface area contributed by atoms with Crippen molar-refractivity contribution in [2.45, 2.75) is 0 Å². The van der Waals surface area contributed by atoms with E-state index in [4.69, 9.17) is 14.6 Å². The van der Waals surface area contributed by atoms with E-state index in [0.717, 1.165) is 33.7 Å². The largest absolute Gasteiger partial charge is 0.497 e. The molecule has 0 fully saturated rings. The predicted octanol–water partition coefficient (Wildman–Crippen LogP) is 6.54. The summed E-state index contributed by atoms with van der Waals surface area (Å²) in [5.74, 6) is 0.568. The molecule has 0 aromatic heterocycles. The van der Waals surface area contributed by atoms with Crippen LogP contribution in [0.25, 0.3) is 28.0 Å². The first-order valence-corrected chi connectivity index (χ1v) is 9.59. The van der Waals surface area contributed by atoms with Crippen LogP contribution in [0.5, 0.6) is 17.2 Å². The molecule has 4 aromatic carbocycles. The molecule has 4 nitrogen and oxygen atoms in total. The molecule has 0 atom stereocenters. The SMILES string of the molecule is COc1ccc2c(Oc3ccc(C=CC(=O)O)cc3)c(-c3cccc(F)c3)ccc2c1. The van der Waals surface area contributed by atoms with Gasteiger partial charge in [-0.25, -0.2) is 9.18 Å². The molecule has 0 aliphatic carbocycles. The lowest BCUT2D eigenvalue weighted by Crippen LogP contribution is -1.92. The molecule has 0 bridgehead atoms. The van der Waals surface area contributed by atoms with Gasteiger partial charge in [0.1, 0.15) is 23.1 Å². The molecule has 4 aromatic rings. The Labute approximate surface area is 178 Å². The number of fused-ring (bicyclic) bond motifs is 1. The monoisotopic (exact) mass is 414 g/mol. The van der Waals surface area contributed by atoms with Gasteiger partial charge in [-0.05, 0) is 71.1 Å². The summed E-state index contributed by atoms with van der Waals surface area (Å²) < 4.78 is 25.5. The molecule has 0 saturated heterocycles. The van der Waals surface area contributed by atoms with Gasteiger partial charge in [0.05, 0.1) is 7.11 Å². The fourth-order valence-electron chi connectivity index (χ4n) is 3.33. The zero-order chi connectivity index (χ0) is 21.8. The molecule has 0 unspecified atom stereocenters. The van der Waals surface area contributed by atoms with E-state index in [9.17, 15) is 9.18 Å². The van der Waals surface area contributed by atoms with Crippen molar-refractivity contribution in [1.29, 1.82) is 0 Å². The van der Waals surface area contributed by atoms with Gasteiger partial charge < -0.3 is 14.6 Å². The first-order chi connectivity index (χ1) is 15.0. The molecule has 154 valence electrons. The van der Waals surface area contributed by atoms with Crippen LogP contribution in [0, 0.1) is 5.82 Å². The number of hydrogen-bond acceptors (Lipinski definition) is 3. The summed E-state index contributed by atoms with van der Waals surface area (Å²) >= 11 is 0. The van der Waals surface area contributed by atoms with E-state index in [1.165, 1.54) is 18.2 Å². The van der Waals surface area contributed by atoms with Gasteiger partial charge in [-0.15, -0.1) is 0 Å². The van der Waals surface area contributed by atoms with Crippen LogP contribution in [-0.4, -0.2) is 18.2 Å². The number of halogens is 1. The number of carboxylic acid groups (broad SMARTS) is 1. The predicted molar refractivity (Wildman–Crippen MR) is 119 cm³/mol. The summed E-state index contributed by atoms with van der Waals surface area (Å²) in [5, 5.41) is 10.6. The zero-order valence-corrected chi connectivity index (χ0v) is 16.7. The lowest BCUT2D eigenvalue weighted by atomic mass is 9.99. The summed E-state index contributed by atoms with van der Waals surface area (Å²) in [6.45, 7) is 0. The highest BCUT2D eigenvalue weighted by molar-refractivity contribution is 5.96. The number of aliphatic carboxylic acids is 1. The Bertz CT molecular complexity index is 1280. The smallest absolute Gasteiger partial charge is 0.328 e. The number of methoxy groups -OCH3 is 1. The standard InChI is InChI=1S/C26H19FO4/c1-30-22-11-13-24-19(16-22)8-12-23(18-3-2-4-20(27)15-18)26(24)31-21-9-5-17(6-10-21)7-14-25(28)29/h2-16H,1H3,(H,28,29). The average molecular weight is 414 g/mol. The van der Waals surface area contributed by atoms with Gasteiger partial charge >= 0.3 is 5.97 Å². The van der Waals surface area contributed by atoms with Gasteiger partial charge in [0, 0.05) is 17.0 Å². The second kappa shape index (κ2) is 8.71. The van der Waals surface area contributed by atoms with Crippen LogP contribution in [-0.2, 0) is 4.79 Å². The summed E-state index contributed by atoms with van der Waals surface area (Å²) in [6.07, 6.45) is 2.59. The molecule has 0 radical (unpaired) electrons. The Morgan fingerprint density at radius 2 is 1.71 bits per heavy atom. The summed E-state index contributed by atoms with van der Waals surface area (Å²) in [4.78, 5) is 10.7. The molecule has 31 heavy (non-hydrogen) atoms.